The number of halogens is 4. The molecule has 1 atom stereocenters. The van der Waals surface area contributed by atoms with Gasteiger partial charge in [0.05, 0.1) is 28.8 Å². The van der Waals surface area contributed by atoms with Crippen LogP contribution in [0.2, 0.25) is 0 Å². The van der Waals surface area contributed by atoms with E-state index in [4.69, 9.17) is 5.73 Å². The molecule has 0 saturated heterocycles. The highest BCUT2D eigenvalue weighted by atomic mass is 79.9. The van der Waals surface area contributed by atoms with Crippen molar-refractivity contribution in [3.05, 3.63) is 86.8 Å². The lowest BCUT2D eigenvalue weighted by atomic mass is 9.68. The molecule has 2 aromatic carbocycles. The maximum absolute atomic E-state index is 13.9. The first-order valence-corrected chi connectivity index (χ1v) is 11.1. The molecule has 0 radical (unpaired) electrons. The van der Waals surface area contributed by atoms with Gasteiger partial charge in [-0.05, 0) is 41.7 Å². The summed E-state index contributed by atoms with van der Waals surface area (Å²) in [6, 6.07) is 14.3. The summed E-state index contributed by atoms with van der Waals surface area (Å²) in [7, 11) is 0. The summed E-state index contributed by atoms with van der Waals surface area (Å²) in [5.74, 6) is -1.02. The summed E-state index contributed by atoms with van der Waals surface area (Å²) < 4.78 is 42.5. The Morgan fingerprint density at radius 3 is 2.36 bits per heavy atom. The lowest BCUT2D eigenvalue weighted by Crippen LogP contribution is -2.42. The van der Waals surface area contributed by atoms with Crippen molar-refractivity contribution in [1.29, 1.82) is 5.26 Å². The molecule has 33 heavy (non-hydrogen) atoms. The van der Waals surface area contributed by atoms with Crippen LogP contribution in [0.5, 0.6) is 0 Å². The van der Waals surface area contributed by atoms with Crippen LogP contribution in [0.3, 0.4) is 0 Å². The first kappa shape index (κ1) is 23.1. The third-order valence-electron chi connectivity index (χ3n) is 6.03. The van der Waals surface area contributed by atoms with Gasteiger partial charge in [0.15, 0.2) is 5.78 Å². The number of benzene rings is 2. The lowest BCUT2D eigenvalue weighted by molar-refractivity contribution is -0.137. The van der Waals surface area contributed by atoms with Crippen LogP contribution in [0.1, 0.15) is 43.7 Å². The minimum atomic E-state index is -4.64. The third kappa shape index (κ3) is 4.06. The quantitative estimate of drug-likeness (QED) is 0.501. The molecule has 0 fully saturated rings. The summed E-state index contributed by atoms with van der Waals surface area (Å²) in [4.78, 5) is 14.7. The molecular weight excluding hydrogens is 495 g/mol. The van der Waals surface area contributed by atoms with Gasteiger partial charge in [-0.25, -0.2) is 0 Å². The number of carbonyl (C=O) groups is 1. The third-order valence-corrected chi connectivity index (χ3v) is 6.56. The molecule has 0 spiro atoms. The predicted octanol–water partition coefficient (Wildman–Crippen LogP) is 6.41. The number of carbonyl (C=O) groups excluding carboxylic acids is 1. The first-order valence-electron chi connectivity index (χ1n) is 10.3. The number of anilines is 1. The van der Waals surface area contributed by atoms with E-state index >= 15 is 0 Å². The van der Waals surface area contributed by atoms with Crippen LogP contribution in [-0.2, 0) is 11.0 Å². The van der Waals surface area contributed by atoms with Gasteiger partial charge < -0.3 is 5.73 Å². The van der Waals surface area contributed by atoms with Crippen LogP contribution in [0.15, 0.2) is 75.7 Å². The zero-order chi connectivity index (χ0) is 24.1. The van der Waals surface area contributed by atoms with Gasteiger partial charge in [0.25, 0.3) is 0 Å². The maximum atomic E-state index is 13.9. The van der Waals surface area contributed by atoms with Crippen LogP contribution in [0.25, 0.3) is 0 Å². The van der Waals surface area contributed by atoms with Crippen molar-refractivity contribution in [3.8, 4) is 6.07 Å². The average Bonchev–Trinajstić information content (AvgIpc) is 2.72. The Morgan fingerprint density at radius 2 is 1.76 bits per heavy atom. The number of para-hydroxylation sites is 1. The van der Waals surface area contributed by atoms with Gasteiger partial charge in [-0.3, -0.25) is 9.69 Å². The van der Waals surface area contributed by atoms with Crippen LogP contribution >= 0.6 is 15.9 Å². The van der Waals surface area contributed by atoms with E-state index < -0.39 is 23.1 Å². The van der Waals surface area contributed by atoms with Crippen molar-refractivity contribution in [1.82, 2.24) is 0 Å². The number of Topliss-reactive ketones (excluding diaryl/α,β-unsaturated/α-hetero) is 1. The second-order valence-corrected chi connectivity index (χ2v) is 9.96. The van der Waals surface area contributed by atoms with Crippen molar-refractivity contribution < 1.29 is 18.0 Å². The Balaban J connectivity index is 2.04. The molecule has 0 bridgehead atoms. The molecule has 4 nitrogen and oxygen atoms in total. The number of nitrogens with two attached hydrogens (primary N) is 1. The fourth-order valence-electron chi connectivity index (χ4n) is 4.68. The highest BCUT2D eigenvalue weighted by molar-refractivity contribution is 9.10. The van der Waals surface area contributed by atoms with Gasteiger partial charge in [-0.2, -0.15) is 18.4 Å². The van der Waals surface area contributed by atoms with Crippen molar-refractivity contribution in [2.24, 2.45) is 11.1 Å². The number of nitriles is 1. The van der Waals surface area contributed by atoms with Crippen LogP contribution < -0.4 is 10.6 Å². The summed E-state index contributed by atoms with van der Waals surface area (Å²) in [6.07, 6.45) is -4.07. The Bertz CT molecular complexity index is 1240. The van der Waals surface area contributed by atoms with Gasteiger partial charge in [0.2, 0.25) is 0 Å². The summed E-state index contributed by atoms with van der Waals surface area (Å²) in [5, 5.41) is 10.0. The molecule has 0 amide bonds. The number of hydrogen-bond donors (Lipinski definition) is 1. The predicted molar refractivity (Wildman–Crippen MR) is 123 cm³/mol. The fourth-order valence-corrected chi connectivity index (χ4v) is 4.95. The summed E-state index contributed by atoms with van der Waals surface area (Å²) >= 11 is 3.38. The molecule has 8 heteroatoms. The molecule has 0 saturated carbocycles. The van der Waals surface area contributed by atoms with E-state index in [9.17, 15) is 23.2 Å². The Morgan fingerprint density at radius 1 is 1.12 bits per heavy atom. The second-order valence-electron chi connectivity index (χ2n) is 9.05. The van der Waals surface area contributed by atoms with E-state index in [1.165, 1.54) is 23.1 Å². The number of allylic oxidation sites excluding steroid dienone is 3. The lowest BCUT2D eigenvalue weighted by Gasteiger charge is -2.44. The molecule has 4 rings (SSSR count). The van der Waals surface area contributed by atoms with Gasteiger partial charge in [0.1, 0.15) is 5.82 Å². The fraction of sp³-hybridized carbons (Fsp3) is 0.280. The van der Waals surface area contributed by atoms with Gasteiger partial charge in [0, 0.05) is 22.2 Å². The Kier molecular flexibility index (Phi) is 5.65. The van der Waals surface area contributed by atoms with Crippen LogP contribution in [-0.4, -0.2) is 5.78 Å². The number of nitrogens with zero attached hydrogens (tertiary/aromatic N) is 2. The minimum Gasteiger partial charge on any atom is -0.384 e. The smallest absolute Gasteiger partial charge is 0.384 e. The molecule has 1 aliphatic carbocycles. The molecule has 170 valence electrons. The number of rotatable bonds is 2. The van der Waals surface area contributed by atoms with Crippen molar-refractivity contribution >= 4 is 27.4 Å². The number of ketones is 1. The van der Waals surface area contributed by atoms with Gasteiger partial charge in [-0.1, -0.05) is 54.0 Å². The Hall–Kier alpha value is -3.05. The standard InChI is InChI=1S/C25H21BrF3N3O/c1-24(2)11-19-22(20(33)12-24)21(14-7-9-15(26)10-8-14)16(13-30)23(31)32(19)18-6-4-3-5-17(18)25(27,28)29/h3-10,21H,11-12,31H2,1-2H3/t21-/m1/s1. The first-order chi connectivity index (χ1) is 15.4. The monoisotopic (exact) mass is 515 g/mol. The normalized spacial score (nSPS) is 20.6. The molecule has 2 aliphatic rings. The average molecular weight is 516 g/mol. The van der Waals surface area contributed by atoms with E-state index in [1.807, 2.05) is 13.8 Å². The molecule has 0 unspecified atom stereocenters. The second kappa shape index (κ2) is 8.07. The van der Waals surface area contributed by atoms with Crippen LogP contribution in [0.4, 0.5) is 18.9 Å². The van der Waals surface area contributed by atoms with E-state index in [1.54, 1.807) is 24.3 Å². The molecule has 2 aromatic rings. The maximum Gasteiger partial charge on any atom is 0.418 e. The van der Waals surface area contributed by atoms with E-state index in [2.05, 4.69) is 22.0 Å². The van der Waals surface area contributed by atoms with E-state index in [0.717, 1.165) is 10.5 Å². The summed E-state index contributed by atoms with van der Waals surface area (Å²) in [5.41, 5.74) is 6.38. The highest BCUT2D eigenvalue weighted by Crippen LogP contribution is 2.51. The molecule has 2 N–H and O–H groups in total. The molecule has 1 heterocycles. The highest BCUT2D eigenvalue weighted by Gasteiger charge is 2.46. The van der Waals surface area contributed by atoms with Crippen molar-refractivity contribution in [2.75, 3.05) is 4.90 Å². The van der Waals surface area contributed by atoms with Gasteiger partial charge in [-0.15, -0.1) is 0 Å². The number of hydrogen-bond acceptors (Lipinski definition) is 4. The van der Waals surface area contributed by atoms with Crippen molar-refractivity contribution in [3.63, 3.8) is 0 Å². The van der Waals surface area contributed by atoms with Crippen molar-refractivity contribution in [2.45, 2.75) is 38.8 Å². The minimum absolute atomic E-state index is 0.0566. The zero-order valence-electron chi connectivity index (χ0n) is 18.0. The molecule has 1 aliphatic heterocycles. The molecule has 0 aromatic heterocycles. The Labute approximate surface area is 198 Å². The largest absolute Gasteiger partial charge is 0.418 e. The van der Waals surface area contributed by atoms with Gasteiger partial charge >= 0.3 is 6.18 Å². The SMILES string of the molecule is CC1(C)CC(=O)C2=C(C1)N(c1ccccc1C(F)(F)F)C(N)=C(C#N)[C@H]2c1ccc(Br)cc1. The summed E-state index contributed by atoms with van der Waals surface area (Å²) in [6.45, 7) is 3.80. The van der Waals surface area contributed by atoms with E-state index in [-0.39, 0.29) is 29.3 Å². The topological polar surface area (TPSA) is 70.1 Å². The number of alkyl halides is 3. The molecular formula is C25H21BrF3N3O. The van der Waals surface area contributed by atoms with E-state index in [0.29, 0.717) is 23.3 Å². The zero-order valence-corrected chi connectivity index (χ0v) is 19.6. The van der Waals surface area contributed by atoms with Crippen LogP contribution in [0, 0.1) is 16.7 Å².